The fourth-order valence-electron chi connectivity index (χ4n) is 3.04. The molecule has 24 heavy (non-hydrogen) atoms. The van der Waals surface area contributed by atoms with Crippen LogP contribution in [0.3, 0.4) is 0 Å². The van der Waals surface area contributed by atoms with Gasteiger partial charge in [-0.25, -0.2) is 9.18 Å². The van der Waals surface area contributed by atoms with Gasteiger partial charge in [0.1, 0.15) is 5.82 Å². The van der Waals surface area contributed by atoms with Gasteiger partial charge >= 0.3 is 6.03 Å². The Labute approximate surface area is 141 Å². The van der Waals surface area contributed by atoms with Crippen LogP contribution >= 0.6 is 0 Å². The van der Waals surface area contributed by atoms with Crippen molar-refractivity contribution in [2.45, 2.75) is 13.8 Å². The first-order valence-corrected chi connectivity index (χ1v) is 8.17. The normalized spacial score (nSPS) is 14.6. The van der Waals surface area contributed by atoms with Gasteiger partial charge in [-0.2, -0.15) is 0 Å². The van der Waals surface area contributed by atoms with Crippen LogP contribution in [0.5, 0.6) is 0 Å². The zero-order valence-corrected chi connectivity index (χ0v) is 14.1. The first-order chi connectivity index (χ1) is 11.5. The number of hydrogen-bond acceptors (Lipinski definition) is 2. The molecule has 1 aliphatic heterocycles. The number of para-hydroxylation sites is 1. The van der Waals surface area contributed by atoms with Gasteiger partial charge in [-0.15, -0.1) is 0 Å². The molecule has 0 saturated carbocycles. The van der Waals surface area contributed by atoms with Crippen molar-refractivity contribution in [3.05, 3.63) is 59.4 Å². The highest BCUT2D eigenvalue weighted by molar-refractivity contribution is 5.91. The maximum absolute atomic E-state index is 13.3. The molecule has 0 spiro atoms. The molecule has 1 saturated heterocycles. The zero-order valence-electron chi connectivity index (χ0n) is 14.1. The molecule has 0 radical (unpaired) electrons. The minimum absolute atomic E-state index is 0.0775. The first-order valence-electron chi connectivity index (χ1n) is 8.17. The molecule has 0 aromatic heterocycles. The molecular formula is C19H22FN3O. The Morgan fingerprint density at radius 1 is 1.00 bits per heavy atom. The molecule has 0 aliphatic carbocycles. The molecule has 1 fully saturated rings. The van der Waals surface area contributed by atoms with Crippen molar-refractivity contribution >= 4 is 17.4 Å². The molecule has 1 aliphatic rings. The Bertz CT molecular complexity index is 719. The molecule has 3 rings (SSSR count). The van der Waals surface area contributed by atoms with Gasteiger partial charge in [0.25, 0.3) is 0 Å². The number of benzene rings is 2. The summed E-state index contributed by atoms with van der Waals surface area (Å²) >= 11 is 0. The van der Waals surface area contributed by atoms with E-state index in [1.165, 1.54) is 12.1 Å². The summed E-state index contributed by atoms with van der Waals surface area (Å²) in [7, 11) is 0. The third kappa shape index (κ3) is 3.50. The number of anilines is 2. The number of carbonyl (C=O) groups excluding carboxylic acids is 1. The zero-order chi connectivity index (χ0) is 17.1. The van der Waals surface area contributed by atoms with Crippen LogP contribution in [-0.4, -0.2) is 37.1 Å². The Balaban J connectivity index is 1.61. The van der Waals surface area contributed by atoms with E-state index in [2.05, 4.69) is 10.2 Å². The molecule has 1 N–H and O–H groups in total. The topological polar surface area (TPSA) is 35.6 Å². The largest absolute Gasteiger partial charge is 0.368 e. The van der Waals surface area contributed by atoms with Gasteiger partial charge in [-0.05, 0) is 43.2 Å². The second-order valence-corrected chi connectivity index (χ2v) is 6.15. The number of nitrogens with one attached hydrogen (secondary N) is 1. The lowest BCUT2D eigenvalue weighted by Crippen LogP contribution is -2.50. The number of rotatable bonds is 2. The van der Waals surface area contributed by atoms with Gasteiger partial charge in [-0.3, -0.25) is 0 Å². The molecule has 2 aromatic carbocycles. The molecule has 4 nitrogen and oxygen atoms in total. The van der Waals surface area contributed by atoms with Crippen LogP contribution in [0.2, 0.25) is 0 Å². The summed E-state index contributed by atoms with van der Waals surface area (Å²) in [4.78, 5) is 16.4. The lowest BCUT2D eigenvalue weighted by Gasteiger charge is -2.36. The van der Waals surface area contributed by atoms with Gasteiger partial charge < -0.3 is 15.1 Å². The lowest BCUT2D eigenvalue weighted by molar-refractivity contribution is 0.208. The Hall–Kier alpha value is -2.56. The van der Waals surface area contributed by atoms with E-state index in [-0.39, 0.29) is 11.8 Å². The number of carbonyl (C=O) groups is 1. The van der Waals surface area contributed by atoms with Crippen LogP contribution in [-0.2, 0) is 0 Å². The van der Waals surface area contributed by atoms with Gasteiger partial charge in [0.2, 0.25) is 0 Å². The van der Waals surface area contributed by atoms with Crippen molar-refractivity contribution in [1.29, 1.82) is 0 Å². The number of aryl methyl sites for hydroxylation is 2. The standard InChI is InChI=1S/C19H22FN3O/c1-14-5-3-6-15(2)18(14)21-19(24)23-11-9-22(10-12-23)17-8-4-7-16(20)13-17/h3-8,13H,9-12H2,1-2H3,(H,21,24). The SMILES string of the molecule is Cc1cccc(C)c1NC(=O)N1CCN(c2cccc(F)c2)CC1. The molecular weight excluding hydrogens is 305 g/mol. The second-order valence-electron chi connectivity index (χ2n) is 6.15. The van der Waals surface area contributed by atoms with E-state index in [4.69, 9.17) is 0 Å². The summed E-state index contributed by atoms with van der Waals surface area (Å²) in [6.07, 6.45) is 0. The maximum atomic E-state index is 13.3. The van der Waals surface area contributed by atoms with Crippen molar-refractivity contribution in [3.63, 3.8) is 0 Å². The van der Waals surface area contributed by atoms with Gasteiger partial charge in [0, 0.05) is 37.6 Å². The molecule has 0 unspecified atom stereocenters. The number of piperazine rings is 1. The quantitative estimate of drug-likeness (QED) is 0.911. The van der Waals surface area contributed by atoms with Crippen LogP contribution in [0, 0.1) is 19.7 Å². The highest BCUT2D eigenvalue weighted by Gasteiger charge is 2.22. The van der Waals surface area contributed by atoms with Crippen molar-refractivity contribution < 1.29 is 9.18 Å². The third-order valence-electron chi connectivity index (χ3n) is 4.45. The van der Waals surface area contributed by atoms with Crippen LogP contribution < -0.4 is 10.2 Å². The van der Waals surface area contributed by atoms with E-state index >= 15 is 0 Å². The predicted molar refractivity (Wildman–Crippen MR) is 95.1 cm³/mol. The molecule has 1 heterocycles. The number of nitrogens with zero attached hydrogens (tertiary/aromatic N) is 2. The van der Waals surface area contributed by atoms with Crippen LogP contribution in [0.1, 0.15) is 11.1 Å². The Morgan fingerprint density at radius 3 is 2.25 bits per heavy atom. The van der Waals surface area contributed by atoms with Gasteiger partial charge in [0.05, 0.1) is 0 Å². The molecule has 5 heteroatoms. The average molecular weight is 327 g/mol. The van der Waals surface area contributed by atoms with Gasteiger partial charge in [0.15, 0.2) is 0 Å². The lowest BCUT2D eigenvalue weighted by atomic mass is 10.1. The highest BCUT2D eigenvalue weighted by atomic mass is 19.1. The van der Waals surface area contributed by atoms with Crippen molar-refractivity contribution in [3.8, 4) is 0 Å². The van der Waals surface area contributed by atoms with Crippen LogP contribution in [0.15, 0.2) is 42.5 Å². The summed E-state index contributed by atoms with van der Waals surface area (Å²) in [6, 6.07) is 12.5. The second kappa shape index (κ2) is 6.91. The first kappa shape index (κ1) is 16.3. The molecule has 2 amide bonds. The van der Waals surface area contributed by atoms with E-state index in [1.807, 2.05) is 43.0 Å². The van der Waals surface area contributed by atoms with Gasteiger partial charge in [-0.1, -0.05) is 24.3 Å². The Kier molecular flexibility index (Phi) is 4.69. The minimum atomic E-state index is -0.234. The number of halogens is 1. The van der Waals surface area contributed by atoms with E-state index in [1.54, 1.807) is 6.07 Å². The fourth-order valence-corrected chi connectivity index (χ4v) is 3.04. The van der Waals surface area contributed by atoms with E-state index in [0.717, 1.165) is 22.5 Å². The van der Waals surface area contributed by atoms with E-state index in [0.29, 0.717) is 26.2 Å². The molecule has 126 valence electrons. The van der Waals surface area contributed by atoms with E-state index < -0.39 is 0 Å². The predicted octanol–water partition coefficient (Wildman–Crippen LogP) is 3.80. The Morgan fingerprint density at radius 2 is 1.62 bits per heavy atom. The van der Waals surface area contributed by atoms with Crippen molar-refractivity contribution in [1.82, 2.24) is 4.90 Å². The molecule has 0 bridgehead atoms. The summed E-state index contributed by atoms with van der Waals surface area (Å²) in [5.74, 6) is -0.234. The summed E-state index contributed by atoms with van der Waals surface area (Å²) in [5, 5.41) is 3.02. The van der Waals surface area contributed by atoms with Crippen molar-refractivity contribution in [2.75, 3.05) is 36.4 Å². The number of amides is 2. The molecule has 2 aromatic rings. The van der Waals surface area contributed by atoms with Crippen LogP contribution in [0.25, 0.3) is 0 Å². The maximum Gasteiger partial charge on any atom is 0.321 e. The summed E-state index contributed by atoms with van der Waals surface area (Å²) < 4.78 is 13.3. The highest BCUT2D eigenvalue weighted by Crippen LogP contribution is 2.21. The number of urea groups is 1. The van der Waals surface area contributed by atoms with Crippen molar-refractivity contribution in [2.24, 2.45) is 0 Å². The smallest absolute Gasteiger partial charge is 0.321 e. The minimum Gasteiger partial charge on any atom is -0.368 e. The fraction of sp³-hybridized carbons (Fsp3) is 0.316. The summed E-state index contributed by atoms with van der Waals surface area (Å²) in [5.41, 5.74) is 3.86. The monoisotopic (exact) mass is 327 g/mol. The summed E-state index contributed by atoms with van der Waals surface area (Å²) in [6.45, 7) is 6.61. The third-order valence-corrected chi connectivity index (χ3v) is 4.45. The average Bonchev–Trinajstić information content (AvgIpc) is 2.58. The number of hydrogen-bond donors (Lipinski definition) is 1. The van der Waals surface area contributed by atoms with E-state index in [9.17, 15) is 9.18 Å². The van der Waals surface area contributed by atoms with Crippen LogP contribution in [0.4, 0.5) is 20.6 Å². The molecule has 0 atom stereocenters.